The second-order valence-corrected chi connectivity index (χ2v) is 9.21. The summed E-state index contributed by atoms with van der Waals surface area (Å²) in [4.78, 5) is 10.9. The summed E-state index contributed by atoms with van der Waals surface area (Å²) >= 11 is 0. The number of aliphatic hydroxyl groups excluding tert-OH is 1. The van der Waals surface area contributed by atoms with Crippen LogP contribution in [0.5, 0.6) is 0 Å². The van der Waals surface area contributed by atoms with Crippen LogP contribution in [0.4, 0.5) is 11.6 Å². The number of sulfonamides is 1. The molecule has 1 aromatic heterocycles. The van der Waals surface area contributed by atoms with Crippen molar-refractivity contribution in [3.8, 4) is 0 Å². The fraction of sp³-hybridized carbons (Fsp3) is 0.273. The average Bonchev–Trinajstić information content (AvgIpc) is 2.84. The number of nitrogens with one attached hydrogen (secondary N) is 1. The molecule has 0 bridgehead atoms. The number of hydrogen-bond donors (Lipinski definition) is 2. The zero-order chi connectivity index (χ0) is 21.7. The lowest BCUT2D eigenvalue weighted by Crippen LogP contribution is -2.48. The Labute approximate surface area is 182 Å². The third-order valence-electron chi connectivity index (χ3n) is 5.26. The second-order valence-electron chi connectivity index (χ2n) is 7.27. The first-order valence-electron chi connectivity index (χ1n) is 10.1. The van der Waals surface area contributed by atoms with Crippen molar-refractivity contribution < 1.29 is 13.5 Å². The standard InChI is InChI=1S/C22H25N5O3S/c28-20(18-7-3-1-4-8-18)16-23-21-15-22(25-17-24-21)26-11-13-27(14-12-26)31(29,30)19-9-5-2-6-10-19/h1-10,15,17,20,28H,11-14,16H2,(H,23,24,25). The fourth-order valence-electron chi connectivity index (χ4n) is 3.51. The van der Waals surface area contributed by atoms with Gasteiger partial charge in [0.05, 0.1) is 11.0 Å². The highest BCUT2D eigenvalue weighted by Gasteiger charge is 2.28. The number of aliphatic hydroxyl groups is 1. The van der Waals surface area contributed by atoms with Crippen LogP contribution in [0.3, 0.4) is 0 Å². The first-order chi connectivity index (χ1) is 15.0. The van der Waals surface area contributed by atoms with Gasteiger partial charge in [0.15, 0.2) is 0 Å². The minimum atomic E-state index is -3.49. The third kappa shape index (κ3) is 5.01. The molecular weight excluding hydrogens is 414 g/mol. The van der Waals surface area contributed by atoms with E-state index in [1.54, 1.807) is 30.3 Å². The molecule has 0 amide bonds. The van der Waals surface area contributed by atoms with Crippen molar-refractivity contribution in [1.82, 2.24) is 14.3 Å². The van der Waals surface area contributed by atoms with E-state index in [4.69, 9.17) is 0 Å². The molecule has 1 atom stereocenters. The van der Waals surface area contributed by atoms with E-state index in [1.165, 1.54) is 10.6 Å². The average molecular weight is 440 g/mol. The highest BCUT2D eigenvalue weighted by Crippen LogP contribution is 2.21. The van der Waals surface area contributed by atoms with Gasteiger partial charge < -0.3 is 15.3 Å². The van der Waals surface area contributed by atoms with Gasteiger partial charge in [0.2, 0.25) is 10.0 Å². The summed E-state index contributed by atoms with van der Waals surface area (Å²) in [5, 5.41) is 13.5. The third-order valence-corrected chi connectivity index (χ3v) is 7.17. The number of anilines is 2. The van der Waals surface area contributed by atoms with E-state index < -0.39 is 16.1 Å². The smallest absolute Gasteiger partial charge is 0.243 e. The van der Waals surface area contributed by atoms with Crippen LogP contribution in [0.1, 0.15) is 11.7 Å². The largest absolute Gasteiger partial charge is 0.387 e. The number of nitrogens with zero attached hydrogens (tertiary/aromatic N) is 4. The molecule has 31 heavy (non-hydrogen) atoms. The van der Waals surface area contributed by atoms with Crippen molar-refractivity contribution in [2.45, 2.75) is 11.0 Å². The first-order valence-corrected chi connectivity index (χ1v) is 11.6. The molecular formula is C22H25N5O3S. The van der Waals surface area contributed by atoms with Crippen molar-refractivity contribution in [2.75, 3.05) is 42.9 Å². The molecule has 1 fully saturated rings. The number of hydrogen-bond acceptors (Lipinski definition) is 7. The molecule has 1 aliphatic heterocycles. The summed E-state index contributed by atoms with van der Waals surface area (Å²) in [5.74, 6) is 1.34. The lowest BCUT2D eigenvalue weighted by atomic mass is 10.1. The quantitative estimate of drug-likeness (QED) is 0.582. The molecule has 1 unspecified atom stereocenters. The predicted molar refractivity (Wildman–Crippen MR) is 119 cm³/mol. The van der Waals surface area contributed by atoms with Gasteiger partial charge in [0, 0.05) is 38.8 Å². The minimum Gasteiger partial charge on any atom is -0.387 e. The molecule has 3 aromatic rings. The second kappa shape index (κ2) is 9.42. The van der Waals surface area contributed by atoms with E-state index in [9.17, 15) is 13.5 Å². The molecule has 0 spiro atoms. The molecule has 9 heteroatoms. The summed E-state index contributed by atoms with van der Waals surface area (Å²) in [6.07, 6.45) is 0.825. The molecule has 0 aliphatic carbocycles. The minimum absolute atomic E-state index is 0.314. The molecule has 2 N–H and O–H groups in total. The Bertz CT molecular complexity index is 1090. The normalized spacial score (nSPS) is 16.1. The molecule has 2 aromatic carbocycles. The van der Waals surface area contributed by atoms with Crippen molar-refractivity contribution >= 4 is 21.7 Å². The maximum atomic E-state index is 12.8. The topological polar surface area (TPSA) is 98.7 Å². The van der Waals surface area contributed by atoms with Gasteiger partial charge in [-0.3, -0.25) is 0 Å². The molecule has 0 saturated carbocycles. The first kappa shape index (κ1) is 21.2. The van der Waals surface area contributed by atoms with E-state index in [-0.39, 0.29) is 0 Å². The van der Waals surface area contributed by atoms with Crippen LogP contribution >= 0.6 is 0 Å². The number of benzene rings is 2. The van der Waals surface area contributed by atoms with E-state index in [0.717, 1.165) is 11.4 Å². The Morgan fingerprint density at radius 1 is 0.935 bits per heavy atom. The molecule has 1 saturated heterocycles. The maximum Gasteiger partial charge on any atom is 0.243 e. The fourth-order valence-corrected chi connectivity index (χ4v) is 4.95. The van der Waals surface area contributed by atoms with Crippen molar-refractivity contribution in [1.29, 1.82) is 0 Å². The van der Waals surface area contributed by atoms with E-state index in [0.29, 0.717) is 43.4 Å². The SMILES string of the molecule is O=S(=O)(c1ccccc1)N1CCN(c2cc(NCC(O)c3ccccc3)ncn2)CC1. The summed E-state index contributed by atoms with van der Waals surface area (Å²) < 4.78 is 27.1. The number of piperazine rings is 1. The monoisotopic (exact) mass is 439 g/mol. The van der Waals surface area contributed by atoms with Crippen LogP contribution in [-0.4, -0.2) is 60.5 Å². The Morgan fingerprint density at radius 2 is 1.58 bits per heavy atom. The Kier molecular flexibility index (Phi) is 6.45. The van der Waals surface area contributed by atoms with Crippen molar-refractivity contribution in [3.05, 3.63) is 78.6 Å². The van der Waals surface area contributed by atoms with Crippen LogP contribution in [0.2, 0.25) is 0 Å². The van der Waals surface area contributed by atoms with Crippen LogP contribution < -0.4 is 10.2 Å². The summed E-state index contributed by atoms with van der Waals surface area (Å²) in [6, 6.07) is 19.8. The Morgan fingerprint density at radius 3 is 2.26 bits per heavy atom. The Hall–Kier alpha value is -3.01. The molecule has 162 valence electrons. The summed E-state index contributed by atoms with van der Waals surface area (Å²) in [5.41, 5.74) is 0.833. The highest BCUT2D eigenvalue weighted by molar-refractivity contribution is 7.89. The lowest BCUT2D eigenvalue weighted by molar-refractivity contribution is 0.191. The zero-order valence-electron chi connectivity index (χ0n) is 17.0. The summed E-state index contributed by atoms with van der Waals surface area (Å²) in [6.45, 7) is 2.17. The molecule has 4 rings (SSSR count). The molecule has 8 nitrogen and oxygen atoms in total. The van der Waals surface area contributed by atoms with Gasteiger partial charge in [-0.2, -0.15) is 4.31 Å². The van der Waals surface area contributed by atoms with Crippen molar-refractivity contribution in [3.63, 3.8) is 0 Å². The molecule has 2 heterocycles. The predicted octanol–water partition coefficient (Wildman–Crippen LogP) is 2.13. The number of aromatic nitrogens is 2. The molecule has 0 radical (unpaired) electrons. The van der Waals surface area contributed by atoms with Gasteiger partial charge in [-0.05, 0) is 17.7 Å². The van der Waals surface area contributed by atoms with Gasteiger partial charge in [-0.25, -0.2) is 18.4 Å². The van der Waals surface area contributed by atoms with Crippen LogP contribution in [0.15, 0.2) is 78.0 Å². The van der Waals surface area contributed by atoms with E-state index in [2.05, 4.69) is 15.3 Å². The van der Waals surface area contributed by atoms with Gasteiger partial charge in [-0.15, -0.1) is 0 Å². The van der Waals surface area contributed by atoms with E-state index >= 15 is 0 Å². The van der Waals surface area contributed by atoms with Crippen LogP contribution in [0.25, 0.3) is 0 Å². The van der Waals surface area contributed by atoms with Crippen LogP contribution in [-0.2, 0) is 10.0 Å². The zero-order valence-corrected chi connectivity index (χ0v) is 17.8. The van der Waals surface area contributed by atoms with Gasteiger partial charge in [-0.1, -0.05) is 48.5 Å². The summed E-state index contributed by atoms with van der Waals surface area (Å²) in [7, 11) is -3.49. The maximum absolute atomic E-state index is 12.8. The van der Waals surface area contributed by atoms with Gasteiger partial charge in [0.1, 0.15) is 18.0 Å². The number of rotatable bonds is 7. The Balaban J connectivity index is 1.36. The van der Waals surface area contributed by atoms with Gasteiger partial charge >= 0.3 is 0 Å². The molecule has 1 aliphatic rings. The van der Waals surface area contributed by atoms with Crippen molar-refractivity contribution in [2.24, 2.45) is 0 Å². The lowest BCUT2D eigenvalue weighted by Gasteiger charge is -2.34. The van der Waals surface area contributed by atoms with E-state index in [1.807, 2.05) is 41.3 Å². The van der Waals surface area contributed by atoms with Crippen LogP contribution in [0, 0.1) is 0 Å². The highest BCUT2D eigenvalue weighted by atomic mass is 32.2. The van der Waals surface area contributed by atoms with Gasteiger partial charge in [0.25, 0.3) is 0 Å².